The molecule has 4 rings (SSSR count). The van der Waals surface area contributed by atoms with Crippen LogP contribution in [0.1, 0.15) is 31.4 Å². The van der Waals surface area contributed by atoms with Crippen LogP contribution in [-0.2, 0) is 16.6 Å². The van der Waals surface area contributed by atoms with Gasteiger partial charge in [-0.1, -0.05) is 43.0 Å². The molecule has 1 fully saturated rings. The molecule has 29 heavy (non-hydrogen) atoms. The predicted molar refractivity (Wildman–Crippen MR) is 111 cm³/mol. The van der Waals surface area contributed by atoms with E-state index in [1.807, 2.05) is 31.2 Å². The van der Waals surface area contributed by atoms with Gasteiger partial charge >= 0.3 is 0 Å². The van der Waals surface area contributed by atoms with Crippen molar-refractivity contribution in [3.8, 4) is 0 Å². The molecular weight excluding hydrogens is 388 g/mol. The number of aryl methyl sites for hydroxylation is 1. The van der Waals surface area contributed by atoms with Gasteiger partial charge in [-0.25, -0.2) is 8.42 Å². The zero-order valence-corrected chi connectivity index (χ0v) is 17.8. The molecule has 7 nitrogen and oxygen atoms in total. The van der Waals surface area contributed by atoms with Crippen LogP contribution < -0.4 is 4.84 Å². The molecule has 0 bridgehead atoms. The summed E-state index contributed by atoms with van der Waals surface area (Å²) in [5.74, 6) is 0.698. The second-order valence-corrected chi connectivity index (χ2v) is 10.0. The standard InChI is InChI=1S/C21H26N4O3S/c1-15-10-16(2)13-24(12-15)29(26,27)19-8-9-20-21(11-19)25(23-22-20)28-14-18-7-5-4-6-17(18)3/h4-9,11,15-16H,10,12-14H2,1-3H3/t15-,16-/m0/s1. The SMILES string of the molecule is Cc1ccccc1COn1nnc2ccc(S(=O)(=O)N3C[C@@H](C)C[C@H](C)C3)cc21. The highest BCUT2D eigenvalue weighted by atomic mass is 32.2. The Morgan fingerprint density at radius 1 is 1.10 bits per heavy atom. The van der Waals surface area contributed by atoms with Crippen LogP contribution in [0.3, 0.4) is 0 Å². The molecule has 0 amide bonds. The highest BCUT2D eigenvalue weighted by Crippen LogP contribution is 2.27. The fourth-order valence-electron chi connectivity index (χ4n) is 3.99. The fraction of sp³-hybridized carbons (Fsp3) is 0.429. The van der Waals surface area contributed by atoms with Crippen LogP contribution in [0, 0.1) is 18.8 Å². The summed E-state index contributed by atoms with van der Waals surface area (Å²) in [5, 5.41) is 8.13. The molecule has 0 N–H and O–H groups in total. The van der Waals surface area contributed by atoms with Crippen LogP contribution in [-0.4, -0.2) is 41.0 Å². The van der Waals surface area contributed by atoms with Crippen molar-refractivity contribution in [2.45, 2.75) is 38.7 Å². The minimum Gasteiger partial charge on any atom is -0.390 e. The van der Waals surface area contributed by atoms with E-state index >= 15 is 0 Å². The van der Waals surface area contributed by atoms with Gasteiger partial charge in [0, 0.05) is 13.1 Å². The molecule has 2 heterocycles. The van der Waals surface area contributed by atoms with Crippen molar-refractivity contribution in [3.63, 3.8) is 0 Å². The van der Waals surface area contributed by atoms with Crippen molar-refractivity contribution in [2.75, 3.05) is 13.1 Å². The van der Waals surface area contributed by atoms with E-state index in [0.29, 0.717) is 42.6 Å². The first kappa shape index (κ1) is 19.8. The zero-order chi connectivity index (χ0) is 20.6. The number of nitrogens with zero attached hydrogens (tertiary/aromatic N) is 4. The molecule has 0 aliphatic carbocycles. The summed E-state index contributed by atoms with van der Waals surface area (Å²) in [6.45, 7) is 7.63. The minimum absolute atomic E-state index is 0.245. The van der Waals surface area contributed by atoms with E-state index < -0.39 is 10.0 Å². The fourth-order valence-corrected chi connectivity index (χ4v) is 5.69. The number of rotatable bonds is 5. The number of fused-ring (bicyclic) bond motifs is 1. The summed E-state index contributed by atoms with van der Waals surface area (Å²) in [7, 11) is -3.58. The number of hydrogen-bond donors (Lipinski definition) is 0. The van der Waals surface area contributed by atoms with E-state index in [0.717, 1.165) is 17.5 Å². The number of piperidine rings is 1. The molecule has 0 radical (unpaired) electrons. The highest BCUT2D eigenvalue weighted by Gasteiger charge is 2.32. The Morgan fingerprint density at radius 2 is 1.83 bits per heavy atom. The Bertz CT molecular complexity index is 1120. The third-order valence-corrected chi connectivity index (χ3v) is 7.29. The predicted octanol–water partition coefficient (Wildman–Crippen LogP) is 3.04. The Labute approximate surface area is 171 Å². The van der Waals surface area contributed by atoms with Crippen molar-refractivity contribution in [1.29, 1.82) is 0 Å². The van der Waals surface area contributed by atoms with E-state index in [9.17, 15) is 8.42 Å². The van der Waals surface area contributed by atoms with Crippen LogP contribution >= 0.6 is 0 Å². The van der Waals surface area contributed by atoms with Crippen molar-refractivity contribution in [3.05, 3.63) is 53.6 Å². The molecule has 0 unspecified atom stereocenters. The summed E-state index contributed by atoms with van der Waals surface area (Å²) in [5.41, 5.74) is 3.29. The maximum absolute atomic E-state index is 13.2. The van der Waals surface area contributed by atoms with Crippen LogP contribution in [0.15, 0.2) is 47.4 Å². The lowest BCUT2D eigenvalue weighted by atomic mass is 9.94. The van der Waals surface area contributed by atoms with E-state index in [4.69, 9.17) is 4.84 Å². The molecule has 1 aliphatic rings. The molecule has 3 aromatic rings. The number of sulfonamides is 1. The van der Waals surface area contributed by atoms with Crippen LogP contribution in [0.2, 0.25) is 0 Å². The smallest absolute Gasteiger partial charge is 0.243 e. The van der Waals surface area contributed by atoms with Crippen molar-refractivity contribution in [1.82, 2.24) is 19.5 Å². The van der Waals surface area contributed by atoms with Gasteiger partial charge in [-0.05, 0) is 59.7 Å². The first-order valence-electron chi connectivity index (χ1n) is 9.88. The van der Waals surface area contributed by atoms with Gasteiger partial charge in [0.05, 0.1) is 4.90 Å². The quantitative estimate of drug-likeness (QED) is 0.641. The average molecular weight is 415 g/mol. The number of benzene rings is 2. The van der Waals surface area contributed by atoms with E-state index in [2.05, 4.69) is 24.2 Å². The summed E-state index contributed by atoms with van der Waals surface area (Å²) in [4.78, 5) is 7.36. The van der Waals surface area contributed by atoms with Gasteiger partial charge in [0.25, 0.3) is 0 Å². The molecular formula is C21H26N4O3S. The van der Waals surface area contributed by atoms with Gasteiger partial charge in [0.1, 0.15) is 17.6 Å². The van der Waals surface area contributed by atoms with Crippen LogP contribution in [0.5, 0.6) is 0 Å². The Morgan fingerprint density at radius 3 is 2.55 bits per heavy atom. The molecule has 8 heteroatoms. The average Bonchev–Trinajstić information content (AvgIpc) is 3.09. The van der Waals surface area contributed by atoms with Gasteiger partial charge < -0.3 is 4.84 Å². The normalized spacial score (nSPS) is 20.8. The van der Waals surface area contributed by atoms with Crippen LogP contribution in [0.25, 0.3) is 11.0 Å². The molecule has 0 spiro atoms. The lowest BCUT2D eigenvalue weighted by molar-refractivity contribution is 0.0748. The van der Waals surface area contributed by atoms with Gasteiger partial charge in [-0.15, -0.1) is 5.10 Å². The first-order chi connectivity index (χ1) is 13.8. The lowest BCUT2D eigenvalue weighted by Crippen LogP contribution is -2.42. The minimum atomic E-state index is -3.58. The first-order valence-corrected chi connectivity index (χ1v) is 11.3. The largest absolute Gasteiger partial charge is 0.390 e. The van der Waals surface area contributed by atoms with Crippen LogP contribution in [0.4, 0.5) is 0 Å². The Hall–Kier alpha value is -2.45. The molecule has 1 saturated heterocycles. The molecule has 154 valence electrons. The summed E-state index contributed by atoms with van der Waals surface area (Å²) in [6, 6.07) is 12.8. The van der Waals surface area contributed by atoms with E-state index in [1.54, 1.807) is 22.5 Å². The number of aromatic nitrogens is 3. The van der Waals surface area contributed by atoms with Crippen molar-refractivity contribution < 1.29 is 13.3 Å². The second kappa shape index (κ2) is 7.76. The molecule has 2 atom stereocenters. The van der Waals surface area contributed by atoms with E-state index in [-0.39, 0.29) is 4.90 Å². The highest BCUT2D eigenvalue weighted by molar-refractivity contribution is 7.89. The van der Waals surface area contributed by atoms with Crippen molar-refractivity contribution in [2.24, 2.45) is 11.8 Å². The molecule has 2 aromatic carbocycles. The zero-order valence-electron chi connectivity index (χ0n) is 16.9. The summed E-state index contributed by atoms with van der Waals surface area (Å²) in [6.07, 6.45) is 1.05. The van der Waals surface area contributed by atoms with E-state index in [1.165, 1.54) is 4.85 Å². The third kappa shape index (κ3) is 4.00. The second-order valence-electron chi connectivity index (χ2n) is 8.08. The van der Waals surface area contributed by atoms with Gasteiger partial charge in [0.2, 0.25) is 10.0 Å². The maximum Gasteiger partial charge on any atom is 0.243 e. The molecule has 1 aromatic heterocycles. The Kier molecular flexibility index (Phi) is 5.31. The van der Waals surface area contributed by atoms with Gasteiger partial charge in [0.15, 0.2) is 0 Å². The summed E-state index contributed by atoms with van der Waals surface area (Å²) >= 11 is 0. The molecule has 0 saturated carbocycles. The van der Waals surface area contributed by atoms with Crippen molar-refractivity contribution >= 4 is 21.1 Å². The Balaban J connectivity index is 1.62. The summed E-state index contributed by atoms with van der Waals surface area (Å²) < 4.78 is 28.0. The third-order valence-electron chi connectivity index (χ3n) is 5.46. The monoisotopic (exact) mass is 414 g/mol. The number of hydrogen-bond acceptors (Lipinski definition) is 5. The topological polar surface area (TPSA) is 77.3 Å². The lowest BCUT2D eigenvalue weighted by Gasteiger charge is -2.34. The van der Waals surface area contributed by atoms with Gasteiger partial charge in [-0.2, -0.15) is 4.31 Å². The molecule has 1 aliphatic heterocycles. The van der Waals surface area contributed by atoms with Gasteiger partial charge in [-0.3, -0.25) is 0 Å². The maximum atomic E-state index is 13.2.